The molecule has 15 heavy (non-hydrogen) atoms. The lowest BCUT2D eigenvalue weighted by molar-refractivity contribution is 0.376. The van der Waals surface area contributed by atoms with Gasteiger partial charge in [-0.2, -0.15) is 0 Å². The molecule has 2 nitrogen and oxygen atoms in total. The highest BCUT2D eigenvalue weighted by atomic mass is 14.9. The van der Waals surface area contributed by atoms with Gasteiger partial charge in [0.1, 0.15) is 0 Å². The summed E-state index contributed by atoms with van der Waals surface area (Å²) in [5.74, 6) is 0.822. The second kappa shape index (κ2) is 5.29. The minimum atomic E-state index is 0.644. The van der Waals surface area contributed by atoms with Gasteiger partial charge in [0.25, 0.3) is 0 Å². The molecule has 0 radical (unpaired) electrons. The summed E-state index contributed by atoms with van der Waals surface area (Å²) in [5, 5.41) is 3.46. The third-order valence-corrected chi connectivity index (χ3v) is 3.18. The Balaban J connectivity index is 1.91. The Labute approximate surface area is 91.9 Å². The molecule has 1 unspecified atom stereocenters. The fourth-order valence-corrected chi connectivity index (χ4v) is 2.24. The van der Waals surface area contributed by atoms with Gasteiger partial charge in [-0.25, -0.2) is 0 Å². The average molecular weight is 204 g/mol. The Kier molecular flexibility index (Phi) is 3.75. The van der Waals surface area contributed by atoms with Crippen LogP contribution in [0.4, 0.5) is 0 Å². The molecule has 2 heteroatoms. The van der Waals surface area contributed by atoms with Crippen LogP contribution in [0, 0.1) is 5.92 Å². The van der Waals surface area contributed by atoms with Gasteiger partial charge in [-0.1, -0.05) is 24.3 Å². The number of rotatable bonds is 3. The molecular weight excluding hydrogens is 184 g/mol. The van der Waals surface area contributed by atoms with Crippen LogP contribution in [0.25, 0.3) is 0 Å². The first-order valence-corrected chi connectivity index (χ1v) is 5.87. The largest absolute Gasteiger partial charge is 0.326 e. The monoisotopic (exact) mass is 204 g/mol. The quantitative estimate of drug-likeness (QED) is 0.786. The second-order valence-corrected chi connectivity index (χ2v) is 4.44. The Hall–Kier alpha value is -0.860. The van der Waals surface area contributed by atoms with E-state index in [2.05, 4.69) is 29.6 Å². The molecule has 2 rings (SSSR count). The zero-order valence-electron chi connectivity index (χ0n) is 9.21. The van der Waals surface area contributed by atoms with E-state index in [1.54, 1.807) is 0 Å². The van der Waals surface area contributed by atoms with Gasteiger partial charge in [0, 0.05) is 6.54 Å². The van der Waals surface area contributed by atoms with Crippen molar-refractivity contribution in [2.24, 2.45) is 11.7 Å². The topological polar surface area (TPSA) is 38.0 Å². The first-order chi connectivity index (χ1) is 7.38. The number of hydrogen-bond acceptors (Lipinski definition) is 2. The minimum Gasteiger partial charge on any atom is -0.326 e. The Bertz CT molecular complexity index is 286. The van der Waals surface area contributed by atoms with E-state index in [0.29, 0.717) is 6.54 Å². The van der Waals surface area contributed by atoms with Crippen LogP contribution < -0.4 is 11.1 Å². The third-order valence-electron chi connectivity index (χ3n) is 3.18. The van der Waals surface area contributed by atoms with Gasteiger partial charge in [0.15, 0.2) is 0 Å². The summed E-state index contributed by atoms with van der Waals surface area (Å²) in [5.41, 5.74) is 8.24. The van der Waals surface area contributed by atoms with E-state index in [9.17, 15) is 0 Å². The summed E-state index contributed by atoms with van der Waals surface area (Å²) >= 11 is 0. The van der Waals surface area contributed by atoms with Gasteiger partial charge in [0.2, 0.25) is 0 Å². The van der Waals surface area contributed by atoms with E-state index in [0.717, 1.165) is 5.92 Å². The number of nitrogens with two attached hydrogens (primary N) is 1. The fourth-order valence-electron chi connectivity index (χ4n) is 2.24. The van der Waals surface area contributed by atoms with Crippen LogP contribution in [0.15, 0.2) is 24.3 Å². The molecular formula is C13H20N2. The smallest absolute Gasteiger partial charge is 0.0178 e. The molecule has 1 aromatic carbocycles. The Morgan fingerprint density at radius 2 is 1.93 bits per heavy atom. The predicted molar refractivity (Wildman–Crippen MR) is 63.6 cm³/mol. The van der Waals surface area contributed by atoms with E-state index in [1.807, 2.05) is 0 Å². The maximum atomic E-state index is 5.57. The van der Waals surface area contributed by atoms with Crippen LogP contribution >= 0.6 is 0 Å². The van der Waals surface area contributed by atoms with E-state index in [4.69, 9.17) is 5.73 Å². The highest BCUT2D eigenvalue weighted by Crippen LogP contribution is 2.16. The van der Waals surface area contributed by atoms with Gasteiger partial charge in [-0.15, -0.1) is 0 Å². The maximum Gasteiger partial charge on any atom is 0.0178 e. The normalized spacial score (nSPS) is 21.5. The van der Waals surface area contributed by atoms with Crippen LogP contribution in [0.2, 0.25) is 0 Å². The van der Waals surface area contributed by atoms with Gasteiger partial charge in [-0.05, 0) is 49.4 Å². The molecule has 0 saturated carbocycles. The standard InChI is InChI=1S/C13H20N2/c14-9-12-5-3-11(4-6-12)8-13-2-1-7-15-10-13/h3-6,13,15H,1-2,7-10,14H2. The van der Waals surface area contributed by atoms with Gasteiger partial charge in [0.05, 0.1) is 0 Å². The maximum absolute atomic E-state index is 5.57. The van der Waals surface area contributed by atoms with Crippen molar-refractivity contribution in [3.8, 4) is 0 Å². The molecule has 1 saturated heterocycles. The lowest BCUT2D eigenvalue weighted by Crippen LogP contribution is -2.30. The van der Waals surface area contributed by atoms with Crippen LogP contribution in [0.1, 0.15) is 24.0 Å². The lowest BCUT2D eigenvalue weighted by atomic mass is 9.92. The Morgan fingerprint density at radius 3 is 2.53 bits per heavy atom. The molecule has 0 spiro atoms. The molecule has 0 aliphatic carbocycles. The summed E-state index contributed by atoms with van der Waals surface area (Å²) in [4.78, 5) is 0. The average Bonchev–Trinajstić information content (AvgIpc) is 2.31. The van der Waals surface area contributed by atoms with Crippen molar-refractivity contribution >= 4 is 0 Å². The van der Waals surface area contributed by atoms with Crippen LogP contribution in [-0.2, 0) is 13.0 Å². The van der Waals surface area contributed by atoms with Crippen LogP contribution in [0.3, 0.4) is 0 Å². The molecule has 1 aromatic rings. The van der Waals surface area contributed by atoms with E-state index in [1.165, 1.54) is 43.5 Å². The summed E-state index contributed by atoms with van der Waals surface area (Å²) < 4.78 is 0. The second-order valence-electron chi connectivity index (χ2n) is 4.44. The van der Waals surface area contributed by atoms with Crippen LogP contribution in [0.5, 0.6) is 0 Å². The number of benzene rings is 1. The summed E-state index contributed by atoms with van der Waals surface area (Å²) in [6.45, 7) is 3.02. The molecule has 0 bridgehead atoms. The van der Waals surface area contributed by atoms with Crippen molar-refractivity contribution in [2.45, 2.75) is 25.8 Å². The van der Waals surface area contributed by atoms with Gasteiger partial charge < -0.3 is 11.1 Å². The fraction of sp³-hybridized carbons (Fsp3) is 0.538. The zero-order valence-corrected chi connectivity index (χ0v) is 9.21. The van der Waals surface area contributed by atoms with Crippen molar-refractivity contribution in [3.05, 3.63) is 35.4 Å². The first-order valence-electron chi connectivity index (χ1n) is 5.87. The van der Waals surface area contributed by atoms with Gasteiger partial charge >= 0.3 is 0 Å². The molecule has 1 aliphatic rings. The molecule has 1 fully saturated rings. The summed E-state index contributed by atoms with van der Waals surface area (Å²) in [6, 6.07) is 8.73. The van der Waals surface area contributed by atoms with E-state index >= 15 is 0 Å². The number of hydrogen-bond donors (Lipinski definition) is 2. The van der Waals surface area contributed by atoms with Crippen molar-refractivity contribution in [2.75, 3.05) is 13.1 Å². The minimum absolute atomic E-state index is 0.644. The molecule has 3 N–H and O–H groups in total. The molecule has 82 valence electrons. The number of nitrogens with one attached hydrogen (secondary N) is 1. The molecule has 1 heterocycles. The van der Waals surface area contributed by atoms with Crippen molar-refractivity contribution < 1.29 is 0 Å². The summed E-state index contributed by atoms with van der Waals surface area (Å²) in [7, 11) is 0. The van der Waals surface area contributed by atoms with Crippen LogP contribution in [-0.4, -0.2) is 13.1 Å². The predicted octanol–water partition coefficient (Wildman–Crippen LogP) is 1.69. The van der Waals surface area contributed by atoms with Gasteiger partial charge in [-0.3, -0.25) is 0 Å². The van der Waals surface area contributed by atoms with Crippen molar-refractivity contribution in [1.82, 2.24) is 5.32 Å². The van der Waals surface area contributed by atoms with E-state index < -0.39 is 0 Å². The molecule has 0 amide bonds. The molecule has 0 aromatic heterocycles. The molecule has 1 atom stereocenters. The lowest BCUT2D eigenvalue weighted by Gasteiger charge is -2.22. The molecule has 1 aliphatic heterocycles. The highest BCUT2D eigenvalue weighted by Gasteiger charge is 2.12. The highest BCUT2D eigenvalue weighted by molar-refractivity contribution is 5.22. The van der Waals surface area contributed by atoms with E-state index in [-0.39, 0.29) is 0 Å². The summed E-state index contributed by atoms with van der Waals surface area (Å²) in [6.07, 6.45) is 3.90. The zero-order chi connectivity index (χ0) is 10.5. The SMILES string of the molecule is NCc1ccc(CC2CCCNC2)cc1. The van der Waals surface area contributed by atoms with Crippen molar-refractivity contribution in [1.29, 1.82) is 0 Å². The van der Waals surface area contributed by atoms with Crippen molar-refractivity contribution in [3.63, 3.8) is 0 Å². The number of piperidine rings is 1. The Morgan fingerprint density at radius 1 is 1.20 bits per heavy atom. The first kappa shape index (κ1) is 10.7. The third kappa shape index (κ3) is 3.05.